The molecule has 1 N–H and O–H groups in total. The van der Waals surface area contributed by atoms with Gasteiger partial charge in [-0.25, -0.2) is 4.39 Å². The van der Waals surface area contributed by atoms with Crippen LogP contribution >= 0.6 is 0 Å². The molecule has 150 valence electrons. The molecule has 0 saturated heterocycles. The lowest BCUT2D eigenvalue weighted by Crippen LogP contribution is -2.32. The molecule has 1 aromatic heterocycles. The molecule has 0 aliphatic carbocycles. The van der Waals surface area contributed by atoms with E-state index in [1.54, 1.807) is 12.1 Å². The molecule has 0 fully saturated rings. The Balaban J connectivity index is 1.98. The van der Waals surface area contributed by atoms with Gasteiger partial charge in [-0.3, -0.25) is 9.59 Å². The van der Waals surface area contributed by atoms with Crippen molar-refractivity contribution in [3.8, 4) is 11.5 Å². The van der Waals surface area contributed by atoms with E-state index in [0.717, 1.165) is 6.07 Å². The van der Waals surface area contributed by atoms with Crippen molar-refractivity contribution < 1.29 is 28.2 Å². The number of halogens is 1. The minimum absolute atomic E-state index is 0.0564. The van der Waals surface area contributed by atoms with E-state index in [1.165, 1.54) is 37.3 Å². The van der Waals surface area contributed by atoms with Gasteiger partial charge in [0.25, 0.3) is 5.91 Å². The van der Waals surface area contributed by atoms with E-state index in [-0.39, 0.29) is 46.9 Å². The monoisotopic (exact) mass is 399 g/mol. The molecule has 0 spiro atoms. The van der Waals surface area contributed by atoms with Crippen molar-refractivity contribution in [1.82, 2.24) is 4.90 Å². The number of phenolic OH excluding ortho intramolecular Hbond substituents is 1. The van der Waals surface area contributed by atoms with Crippen LogP contribution in [-0.4, -0.2) is 43.3 Å². The Morgan fingerprint density at radius 3 is 2.69 bits per heavy atom. The van der Waals surface area contributed by atoms with E-state index in [4.69, 9.17) is 13.9 Å². The highest BCUT2D eigenvalue weighted by Gasteiger charge is 2.42. The van der Waals surface area contributed by atoms with Gasteiger partial charge in [-0.05, 0) is 35.9 Å². The number of hydrogen-bond donors (Lipinski definition) is 1. The summed E-state index contributed by atoms with van der Waals surface area (Å²) in [5, 5.41) is 9.97. The minimum Gasteiger partial charge on any atom is -0.504 e. The fraction of sp³-hybridized carbons (Fsp3) is 0.238. The summed E-state index contributed by atoms with van der Waals surface area (Å²) in [5.41, 5.74) is 0.327. The van der Waals surface area contributed by atoms with Gasteiger partial charge in [0.05, 0.1) is 30.7 Å². The molecule has 0 radical (unpaired) electrons. The third-order valence-electron chi connectivity index (χ3n) is 4.98. The maximum absolute atomic E-state index is 13.7. The number of benzene rings is 2. The zero-order valence-electron chi connectivity index (χ0n) is 15.8. The Kier molecular flexibility index (Phi) is 4.71. The number of rotatable bonds is 5. The largest absolute Gasteiger partial charge is 0.504 e. The van der Waals surface area contributed by atoms with E-state index in [0.29, 0.717) is 5.56 Å². The standard InChI is InChI=1S/C21H18FNO6/c1-27-8-7-23-18(11-3-5-14(24)16(9-11)28-2)17-19(25)13-10-12(22)4-6-15(13)29-20(17)21(23)26/h3-6,9-10,18,24H,7-8H2,1-2H3. The van der Waals surface area contributed by atoms with Gasteiger partial charge in [0.15, 0.2) is 16.9 Å². The number of carbonyl (C=O) groups is 1. The first-order valence-corrected chi connectivity index (χ1v) is 8.89. The second-order valence-electron chi connectivity index (χ2n) is 6.64. The lowest BCUT2D eigenvalue weighted by molar-refractivity contribution is 0.0663. The average Bonchev–Trinajstić information content (AvgIpc) is 2.99. The number of fused-ring (bicyclic) bond motifs is 2. The van der Waals surface area contributed by atoms with Crippen LogP contribution in [0.25, 0.3) is 11.0 Å². The average molecular weight is 399 g/mol. The first kappa shape index (κ1) is 18.9. The van der Waals surface area contributed by atoms with Crippen molar-refractivity contribution in [3.05, 3.63) is 69.3 Å². The van der Waals surface area contributed by atoms with Gasteiger partial charge in [-0.15, -0.1) is 0 Å². The number of methoxy groups -OCH3 is 2. The normalized spacial score (nSPS) is 15.8. The van der Waals surface area contributed by atoms with Gasteiger partial charge in [-0.1, -0.05) is 6.07 Å². The summed E-state index contributed by atoms with van der Waals surface area (Å²) in [6, 6.07) is 7.38. The maximum Gasteiger partial charge on any atom is 0.290 e. The fourth-order valence-electron chi connectivity index (χ4n) is 3.62. The van der Waals surface area contributed by atoms with Crippen molar-refractivity contribution in [3.63, 3.8) is 0 Å². The predicted octanol–water partition coefficient (Wildman–Crippen LogP) is 2.84. The summed E-state index contributed by atoms with van der Waals surface area (Å²) in [5.74, 6) is -0.990. The lowest BCUT2D eigenvalue weighted by atomic mass is 9.98. The first-order valence-electron chi connectivity index (χ1n) is 8.89. The Labute approximate surface area is 164 Å². The Hall–Kier alpha value is -3.39. The van der Waals surface area contributed by atoms with E-state index < -0.39 is 23.2 Å². The molecule has 4 rings (SSSR count). The number of aromatic hydroxyl groups is 1. The van der Waals surface area contributed by atoms with Crippen LogP contribution in [-0.2, 0) is 4.74 Å². The third-order valence-corrected chi connectivity index (χ3v) is 4.98. The number of carbonyl (C=O) groups excluding carboxylic acids is 1. The zero-order valence-corrected chi connectivity index (χ0v) is 15.8. The highest BCUT2D eigenvalue weighted by Crippen LogP contribution is 2.40. The second kappa shape index (κ2) is 7.21. The number of hydrogen-bond acceptors (Lipinski definition) is 6. The van der Waals surface area contributed by atoms with Gasteiger partial charge >= 0.3 is 0 Å². The SMILES string of the molecule is COCCN1C(=O)c2oc3ccc(F)cc3c(=O)c2C1c1ccc(O)c(OC)c1. The van der Waals surface area contributed by atoms with Gasteiger partial charge in [0.2, 0.25) is 5.76 Å². The summed E-state index contributed by atoms with van der Waals surface area (Å²) in [4.78, 5) is 27.7. The van der Waals surface area contributed by atoms with Gasteiger partial charge in [0, 0.05) is 13.7 Å². The van der Waals surface area contributed by atoms with Crippen LogP contribution in [0.1, 0.15) is 27.7 Å². The van der Waals surface area contributed by atoms with Gasteiger partial charge < -0.3 is 23.9 Å². The second-order valence-corrected chi connectivity index (χ2v) is 6.64. The molecule has 7 nitrogen and oxygen atoms in total. The maximum atomic E-state index is 13.7. The molecule has 0 saturated carbocycles. The molecular weight excluding hydrogens is 381 g/mol. The third kappa shape index (κ3) is 3.01. The Morgan fingerprint density at radius 2 is 1.97 bits per heavy atom. The van der Waals surface area contributed by atoms with Crippen LogP contribution in [0.15, 0.2) is 45.6 Å². The van der Waals surface area contributed by atoms with Crippen LogP contribution in [0.5, 0.6) is 11.5 Å². The Bertz CT molecular complexity index is 1170. The molecule has 1 atom stereocenters. The quantitative estimate of drug-likeness (QED) is 0.710. The lowest BCUT2D eigenvalue weighted by Gasteiger charge is -2.25. The zero-order chi connectivity index (χ0) is 20.7. The summed E-state index contributed by atoms with van der Waals surface area (Å²) in [7, 11) is 2.91. The molecule has 29 heavy (non-hydrogen) atoms. The highest BCUT2D eigenvalue weighted by molar-refractivity contribution is 5.99. The number of phenols is 1. The predicted molar refractivity (Wildman–Crippen MR) is 102 cm³/mol. The Morgan fingerprint density at radius 1 is 1.17 bits per heavy atom. The number of nitrogens with zero attached hydrogens (tertiary/aromatic N) is 1. The molecular formula is C21H18FNO6. The summed E-state index contributed by atoms with van der Waals surface area (Å²) in [6.45, 7) is 0.450. The fourth-order valence-corrected chi connectivity index (χ4v) is 3.62. The van der Waals surface area contributed by atoms with Crippen molar-refractivity contribution >= 4 is 16.9 Å². The molecule has 1 aliphatic rings. The summed E-state index contributed by atoms with van der Waals surface area (Å²) >= 11 is 0. The van der Waals surface area contributed by atoms with E-state index in [9.17, 15) is 19.1 Å². The molecule has 1 unspecified atom stereocenters. The topological polar surface area (TPSA) is 89.2 Å². The summed E-state index contributed by atoms with van der Waals surface area (Å²) in [6.07, 6.45) is 0. The van der Waals surface area contributed by atoms with E-state index >= 15 is 0 Å². The van der Waals surface area contributed by atoms with Crippen molar-refractivity contribution in [2.75, 3.05) is 27.4 Å². The molecule has 0 bridgehead atoms. The van der Waals surface area contributed by atoms with Gasteiger partial charge in [0.1, 0.15) is 11.4 Å². The molecule has 1 aliphatic heterocycles. The smallest absolute Gasteiger partial charge is 0.290 e. The highest BCUT2D eigenvalue weighted by atomic mass is 19.1. The van der Waals surface area contributed by atoms with Crippen molar-refractivity contribution in [2.24, 2.45) is 0 Å². The molecule has 8 heteroatoms. The van der Waals surface area contributed by atoms with Crippen LogP contribution in [0.3, 0.4) is 0 Å². The van der Waals surface area contributed by atoms with Crippen LogP contribution in [0.2, 0.25) is 0 Å². The summed E-state index contributed by atoms with van der Waals surface area (Å²) < 4.78 is 29.7. The van der Waals surface area contributed by atoms with Crippen LogP contribution in [0.4, 0.5) is 4.39 Å². The minimum atomic E-state index is -0.786. The van der Waals surface area contributed by atoms with Crippen LogP contribution in [0, 0.1) is 5.82 Å². The molecule has 2 aromatic carbocycles. The number of ether oxygens (including phenoxy) is 2. The molecule has 3 aromatic rings. The molecule has 1 amide bonds. The van der Waals surface area contributed by atoms with Crippen LogP contribution < -0.4 is 10.2 Å². The van der Waals surface area contributed by atoms with E-state index in [1.807, 2.05) is 0 Å². The number of amides is 1. The first-order chi connectivity index (χ1) is 14.0. The van der Waals surface area contributed by atoms with E-state index in [2.05, 4.69) is 0 Å². The van der Waals surface area contributed by atoms with Crippen molar-refractivity contribution in [1.29, 1.82) is 0 Å². The molecule has 2 heterocycles. The van der Waals surface area contributed by atoms with Gasteiger partial charge in [-0.2, -0.15) is 0 Å². The van der Waals surface area contributed by atoms with Crippen molar-refractivity contribution in [2.45, 2.75) is 6.04 Å².